The van der Waals surface area contributed by atoms with Gasteiger partial charge in [0, 0.05) is 5.02 Å². The molecular formula is C13H13ClN2O2. The Balaban J connectivity index is 2.69. The van der Waals surface area contributed by atoms with Crippen LogP contribution >= 0.6 is 11.6 Å². The third kappa shape index (κ3) is 1.88. The maximum absolute atomic E-state index is 11.2. The first-order chi connectivity index (χ1) is 8.43. The lowest BCUT2D eigenvalue weighted by molar-refractivity contribution is 0.0695. The molecule has 0 radical (unpaired) electrons. The third-order valence-corrected chi connectivity index (χ3v) is 3.38. The molecule has 0 fully saturated rings. The van der Waals surface area contributed by atoms with Gasteiger partial charge < -0.3 is 5.11 Å². The molecule has 0 aliphatic heterocycles. The van der Waals surface area contributed by atoms with Crippen LogP contribution < -0.4 is 0 Å². The number of carboxylic acid groups (broad SMARTS) is 1. The predicted molar refractivity (Wildman–Crippen MR) is 69.7 cm³/mol. The van der Waals surface area contributed by atoms with Crippen molar-refractivity contribution < 1.29 is 9.90 Å². The number of aromatic nitrogens is 2. The van der Waals surface area contributed by atoms with E-state index >= 15 is 0 Å². The zero-order chi connectivity index (χ0) is 13.4. The number of hydrogen-bond donors (Lipinski definition) is 1. The molecule has 0 unspecified atom stereocenters. The van der Waals surface area contributed by atoms with E-state index in [0.29, 0.717) is 16.4 Å². The summed E-state index contributed by atoms with van der Waals surface area (Å²) < 4.78 is 1.62. The predicted octanol–water partition coefficient (Wildman–Crippen LogP) is 3.15. The highest BCUT2D eigenvalue weighted by Gasteiger charge is 2.19. The molecule has 5 heteroatoms. The van der Waals surface area contributed by atoms with E-state index in [1.807, 2.05) is 19.1 Å². The molecule has 0 saturated carbocycles. The number of benzene rings is 1. The van der Waals surface area contributed by atoms with E-state index in [0.717, 1.165) is 11.3 Å². The minimum Gasteiger partial charge on any atom is -0.478 e. The maximum Gasteiger partial charge on any atom is 0.339 e. The molecule has 1 aromatic heterocycles. The van der Waals surface area contributed by atoms with Gasteiger partial charge in [0.1, 0.15) is 5.56 Å². The molecule has 0 spiro atoms. The van der Waals surface area contributed by atoms with Crippen molar-refractivity contribution in [3.8, 4) is 5.69 Å². The van der Waals surface area contributed by atoms with Gasteiger partial charge in [-0.1, -0.05) is 17.7 Å². The average molecular weight is 265 g/mol. The molecule has 94 valence electrons. The molecule has 0 aliphatic rings. The molecule has 0 bridgehead atoms. The monoisotopic (exact) mass is 264 g/mol. The number of nitrogens with zero attached hydrogens (tertiary/aromatic N) is 2. The molecule has 1 N–H and O–H groups in total. The first-order valence-corrected chi connectivity index (χ1v) is 5.86. The van der Waals surface area contributed by atoms with E-state index in [1.54, 1.807) is 24.6 Å². The standard InChI is InChI=1S/C13H13ClN2O2/c1-7-10(14)5-4-6-11(7)16-9(3)12(13(17)18)8(2)15-16/h4-6H,1-3H3,(H,17,18). The Hall–Kier alpha value is -1.81. The fraction of sp³-hybridized carbons (Fsp3) is 0.231. The fourth-order valence-corrected chi connectivity index (χ4v) is 2.18. The van der Waals surface area contributed by atoms with E-state index in [1.165, 1.54) is 0 Å². The summed E-state index contributed by atoms with van der Waals surface area (Å²) in [5.41, 5.74) is 3.02. The zero-order valence-electron chi connectivity index (χ0n) is 10.4. The summed E-state index contributed by atoms with van der Waals surface area (Å²) in [7, 11) is 0. The Bertz CT molecular complexity index is 632. The van der Waals surface area contributed by atoms with Crippen molar-refractivity contribution in [3.63, 3.8) is 0 Å². The largest absolute Gasteiger partial charge is 0.478 e. The van der Waals surface area contributed by atoms with Crippen molar-refractivity contribution >= 4 is 17.6 Å². The van der Waals surface area contributed by atoms with E-state index < -0.39 is 5.97 Å². The van der Waals surface area contributed by atoms with Gasteiger partial charge >= 0.3 is 5.97 Å². The van der Waals surface area contributed by atoms with Crippen molar-refractivity contribution in [2.45, 2.75) is 20.8 Å². The number of rotatable bonds is 2. The molecule has 18 heavy (non-hydrogen) atoms. The van der Waals surface area contributed by atoms with Crippen molar-refractivity contribution in [3.05, 3.63) is 45.7 Å². The van der Waals surface area contributed by atoms with Gasteiger partial charge in [-0.25, -0.2) is 9.48 Å². The molecule has 4 nitrogen and oxygen atoms in total. The Morgan fingerprint density at radius 2 is 2.00 bits per heavy atom. The van der Waals surface area contributed by atoms with Crippen LogP contribution in [0.3, 0.4) is 0 Å². The maximum atomic E-state index is 11.2. The molecule has 1 heterocycles. The molecule has 0 aliphatic carbocycles. The van der Waals surface area contributed by atoms with Crippen molar-refractivity contribution in [2.24, 2.45) is 0 Å². The Morgan fingerprint density at radius 1 is 1.33 bits per heavy atom. The number of carboxylic acids is 1. The fourth-order valence-electron chi connectivity index (χ4n) is 2.01. The SMILES string of the molecule is Cc1nn(-c2cccc(Cl)c2C)c(C)c1C(=O)O. The molecular weight excluding hydrogens is 252 g/mol. The first-order valence-electron chi connectivity index (χ1n) is 5.48. The van der Waals surface area contributed by atoms with Gasteiger partial charge in [-0.15, -0.1) is 0 Å². The molecule has 0 atom stereocenters. The molecule has 2 aromatic rings. The summed E-state index contributed by atoms with van der Waals surface area (Å²) in [6, 6.07) is 5.48. The molecule has 0 amide bonds. The molecule has 2 rings (SSSR count). The summed E-state index contributed by atoms with van der Waals surface area (Å²) in [5, 5.41) is 14.1. The van der Waals surface area contributed by atoms with E-state index in [-0.39, 0.29) is 5.56 Å². The van der Waals surface area contributed by atoms with E-state index in [4.69, 9.17) is 16.7 Å². The van der Waals surface area contributed by atoms with Crippen LogP contribution in [0.1, 0.15) is 27.3 Å². The normalized spacial score (nSPS) is 10.7. The summed E-state index contributed by atoms with van der Waals surface area (Å²) >= 11 is 6.07. The van der Waals surface area contributed by atoms with Gasteiger partial charge in [0.25, 0.3) is 0 Å². The van der Waals surface area contributed by atoms with E-state index in [2.05, 4.69) is 5.10 Å². The number of aryl methyl sites for hydroxylation is 1. The summed E-state index contributed by atoms with van der Waals surface area (Å²) in [6.07, 6.45) is 0. The highest BCUT2D eigenvalue weighted by Crippen LogP contribution is 2.24. The zero-order valence-corrected chi connectivity index (χ0v) is 11.1. The van der Waals surface area contributed by atoms with Crippen molar-refractivity contribution in [1.82, 2.24) is 9.78 Å². The number of halogens is 1. The Labute approximate surface area is 110 Å². The third-order valence-electron chi connectivity index (χ3n) is 2.97. The second kappa shape index (κ2) is 4.46. The lowest BCUT2D eigenvalue weighted by atomic mass is 10.1. The van der Waals surface area contributed by atoms with Crippen LogP contribution in [-0.2, 0) is 0 Å². The summed E-state index contributed by atoms with van der Waals surface area (Å²) in [4.78, 5) is 11.2. The van der Waals surface area contributed by atoms with Crippen LogP contribution in [0.2, 0.25) is 5.02 Å². The lowest BCUT2D eigenvalue weighted by Crippen LogP contribution is -2.04. The van der Waals surface area contributed by atoms with Gasteiger partial charge in [-0.2, -0.15) is 5.10 Å². The number of hydrogen-bond acceptors (Lipinski definition) is 2. The highest BCUT2D eigenvalue weighted by molar-refractivity contribution is 6.31. The summed E-state index contributed by atoms with van der Waals surface area (Å²) in [5.74, 6) is -0.962. The van der Waals surface area contributed by atoms with Gasteiger partial charge in [-0.3, -0.25) is 0 Å². The topological polar surface area (TPSA) is 55.1 Å². The van der Waals surface area contributed by atoms with Crippen molar-refractivity contribution in [2.75, 3.05) is 0 Å². The molecule has 0 saturated heterocycles. The van der Waals surface area contributed by atoms with Crippen LogP contribution in [0.4, 0.5) is 0 Å². The minimum atomic E-state index is -0.962. The molecule has 1 aromatic carbocycles. The van der Waals surface area contributed by atoms with Crippen LogP contribution in [-0.4, -0.2) is 20.9 Å². The van der Waals surface area contributed by atoms with Crippen LogP contribution in [0.5, 0.6) is 0 Å². The number of carbonyl (C=O) groups is 1. The Morgan fingerprint density at radius 3 is 2.56 bits per heavy atom. The quantitative estimate of drug-likeness (QED) is 0.907. The number of aromatic carboxylic acids is 1. The Kier molecular flexibility index (Phi) is 3.13. The van der Waals surface area contributed by atoms with Gasteiger partial charge in [0.2, 0.25) is 0 Å². The lowest BCUT2D eigenvalue weighted by Gasteiger charge is -2.09. The second-order valence-electron chi connectivity index (χ2n) is 4.15. The van der Waals surface area contributed by atoms with Crippen molar-refractivity contribution in [1.29, 1.82) is 0 Å². The van der Waals surface area contributed by atoms with Crippen LogP contribution in [0.15, 0.2) is 18.2 Å². The second-order valence-corrected chi connectivity index (χ2v) is 4.55. The van der Waals surface area contributed by atoms with Gasteiger partial charge in [0.15, 0.2) is 0 Å². The summed E-state index contributed by atoms with van der Waals surface area (Å²) in [6.45, 7) is 5.31. The van der Waals surface area contributed by atoms with Gasteiger partial charge in [0.05, 0.1) is 17.1 Å². The van der Waals surface area contributed by atoms with Crippen LogP contribution in [0.25, 0.3) is 5.69 Å². The van der Waals surface area contributed by atoms with E-state index in [9.17, 15) is 4.79 Å². The smallest absolute Gasteiger partial charge is 0.339 e. The van der Waals surface area contributed by atoms with Gasteiger partial charge in [-0.05, 0) is 38.5 Å². The minimum absolute atomic E-state index is 0.245. The highest BCUT2D eigenvalue weighted by atomic mass is 35.5. The first kappa shape index (κ1) is 12.6. The van der Waals surface area contributed by atoms with Crippen LogP contribution in [0, 0.1) is 20.8 Å². The average Bonchev–Trinajstić information content (AvgIpc) is 2.58.